The number of carbonyl (C=O) groups excluding carboxylic acids is 1. The number of hydrogen-bond donors (Lipinski definition) is 2. The molecule has 3 aromatic rings. The molecule has 3 aromatic heterocycles. The van der Waals surface area contributed by atoms with Crippen LogP contribution < -0.4 is 9.88 Å². The van der Waals surface area contributed by atoms with Crippen molar-refractivity contribution in [2.45, 2.75) is 13.0 Å². The zero-order chi connectivity index (χ0) is 17.1. The van der Waals surface area contributed by atoms with Gasteiger partial charge in [0.25, 0.3) is 11.3 Å². The Balaban J connectivity index is 2.02. The minimum Gasteiger partial charge on any atom is -0.475 e. The minimum absolute atomic E-state index is 0.0697. The molecule has 0 fully saturated rings. The number of aromatic hydroxyl groups is 1. The summed E-state index contributed by atoms with van der Waals surface area (Å²) in [5, 5.41) is 22.3. The second-order valence-corrected chi connectivity index (χ2v) is 5.41. The number of anilines is 1. The molecule has 1 amide bonds. The molecule has 0 atom stereocenters. The highest BCUT2D eigenvalue weighted by Gasteiger charge is 2.30. The van der Waals surface area contributed by atoms with Crippen LogP contribution in [-0.2, 0) is 6.54 Å². The Morgan fingerprint density at radius 3 is 2.96 bits per heavy atom. The number of nitrogens with zero attached hydrogens (tertiary/aromatic N) is 4. The number of nitrogens with one attached hydrogen (secondary N) is 1. The molecule has 0 aromatic carbocycles. The smallest absolute Gasteiger partial charge is 0.337 e. The second kappa shape index (κ2) is 6.56. The predicted octanol–water partition coefficient (Wildman–Crippen LogP) is 2.15. The van der Waals surface area contributed by atoms with Crippen molar-refractivity contribution in [1.29, 1.82) is 5.26 Å². The standard InChI is InChI=1S/C16H12ClN5O2/c17-11-5-6-12(19-10-11)20-15(23)14-16(24)22(9-3-7-18)13-4-1-2-8-21(13)14/h1-2,4-6,8,10H,3,9H2,(H-,19,20,23,24)/p+1. The van der Waals surface area contributed by atoms with Gasteiger partial charge in [-0.2, -0.15) is 14.2 Å². The quantitative estimate of drug-likeness (QED) is 0.710. The molecule has 0 spiro atoms. The van der Waals surface area contributed by atoms with E-state index in [0.29, 0.717) is 16.5 Å². The highest BCUT2D eigenvalue weighted by Crippen LogP contribution is 2.19. The molecule has 0 radical (unpaired) electrons. The number of hydrogen-bond acceptors (Lipinski definition) is 4. The topological polar surface area (TPSA) is 94.3 Å². The predicted molar refractivity (Wildman–Crippen MR) is 86.7 cm³/mol. The third kappa shape index (κ3) is 2.87. The zero-order valence-corrected chi connectivity index (χ0v) is 13.2. The van der Waals surface area contributed by atoms with Crippen LogP contribution in [0.2, 0.25) is 5.02 Å². The number of halogens is 1. The Morgan fingerprint density at radius 2 is 2.25 bits per heavy atom. The first-order chi connectivity index (χ1) is 11.6. The number of carbonyl (C=O) groups is 1. The first kappa shape index (κ1) is 15.8. The van der Waals surface area contributed by atoms with Crippen molar-refractivity contribution in [2.75, 3.05) is 5.32 Å². The number of aryl methyl sites for hydroxylation is 1. The van der Waals surface area contributed by atoms with E-state index in [-0.39, 0.29) is 24.5 Å². The lowest BCUT2D eigenvalue weighted by atomic mass is 10.3. The Morgan fingerprint density at radius 1 is 1.42 bits per heavy atom. The van der Waals surface area contributed by atoms with Gasteiger partial charge in [0, 0.05) is 12.3 Å². The van der Waals surface area contributed by atoms with Crippen LogP contribution in [-0.4, -0.2) is 20.4 Å². The van der Waals surface area contributed by atoms with Crippen molar-refractivity contribution >= 4 is 29.0 Å². The maximum atomic E-state index is 12.6. The molecule has 0 aliphatic heterocycles. The second-order valence-electron chi connectivity index (χ2n) is 4.98. The Kier molecular flexibility index (Phi) is 4.31. The van der Waals surface area contributed by atoms with Crippen LogP contribution in [0.3, 0.4) is 0 Å². The maximum Gasteiger partial charge on any atom is 0.337 e. The van der Waals surface area contributed by atoms with Gasteiger partial charge in [-0.05, 0) is 18.2 Å². The molecule has 2 N–H and O–H groups in total. The van der Waals surface area contributed by atoms with Crippen LogP contribution in [0.4, 0.5) is 5.82 Å². The molecule has 3 heterocycles. The van der Waals surface area contributed by atoms with Gasteiger partial charge in [-0.25, -0.2) is 4.98 Å². The number of nitriles is 1. The van der Waals surface area contributed by atoms with Crippen molar-refractivity contribution in [3.05, 3.63) is 53.4 Å². The molecular weight excluding hydrogens is 330 g/mol. The molecule has 0 saturated heterocycles. The van der Waals surface area contributed by atoms with Gasteiger partial charge >= 0.3 is 11.8 Å². The van der Waals surface area contributed by atoms with Gasteiger partial charge < -0.3 is 10.4 Å². The summed E-state index contributed by atoms with van der Waals surface area (Å²) in [7, 11) is 0. The maximum absolute atomic E-state index is 12.6. The van der Waals surface area contributed by atoms with Crippen LogP contribution in [0, 0.1) is 11.3 Å². The van der Waals surface area contributed by atoms with Crippen molar-refractivity contribution in [3.63, 3.8) is 0 Å². The van der Waals surface area contributed by atoms with Gasteiger partial charge in [0.05, 0.1) is 23.7 Å². The molecule has 0 saturated carbocycles. The van der Waals surface area contributed by atoms with E-state index in [1.54, 1.807) is 40.9 Å². The first-order valence-electron chi connectivity index (χ1n) is 7.13. The third-order valence-electron chi connectivity index (χ3n) is 3.45. The van der Waals surface area contributed by atoms with Crippen LogP contribution in [0.15, 0.2) is 42.7 Å². The van der Waals surface area contributed by atoms with Gasteiger partial charge in [-0.3, -0.25) is 4.79 Å². The number of amides is 1. The largest absolute Gasteiger partial charge is 0.475 e. The van der Waals surface area contributed by atoms with E-state index in [4.69, 9.17) is 16.9 Å². The Bertz CT molecular complexity index is 943. The van der Waals surface area contributed by atoms with Gasteiger partial charge in [0.15, 0.2) is 0 Å². The van der Waals surface area contributed by atoms with Crippen LogP contribution in [0.25, 0.3) is 5.65 Å². The van der Waals surface area contributed by atoms with E-state index in [0.717, 1.165) is 0 Å². The van der Waals surface area contributed by atoms with Crippen molar-refractivity contribution in [1.82, 2.24) is 9.38 Å². The lowest BCUT2D eigenvalue weighted by Crippen LogP contribution is -2.33. The van der Waals surface area contributed by atoms with E-state index in [1.165, 1.54) is 10.8 Å². The SMILES string of the molecule is N#CCC[n+]1c(O)c(C(=O)Nc2ccc(Cl)cn2)n2ccccc21. The van der Waals surface area contributed by atoms with E-state index >= 15 is 0 Å². The Labute approximate surface area is 142 Å². The van der Waals surface area contributed by atoms with Gasteiger partial charge in [0.2, 0.25) is 0 Å². The number of pyridine rings is 2. The molecule has 0 aliphatic carbocycles. The fraction of sp³-hybridized carbons (Fsp3) is 0.125. The lowest BCUT2D eigenvalue weighted by Gasteiger charge is -2.01. The fourth-order valence-electron chi connectivity index (χ4n) is 2.41. The summed E-state index contributed by atoms with van der Waals surface area (Å²) in [5.74, 6) is -0.402. The summed E-state index contributed by atoms with van der Waals surface area (Å²) in [6.45, 7) is 0.280. The molecule has 3 rings (SSSR count). The van der Waals surface area contributed by atoms with E-state index in [2.05, 4.69) is 10.3 Å². The van der Waals surface area contributed by atoms with Crippen molar-refractivity contribution in [3.8, 4) is 11.9 Å². The first-order valence-corrected chi connectivity index (χ1v) is 7.51. The molecule has 0 aliphatic rings. The number of rotatable bonds is 4. The average molecular weight is 343 g/mol. The van der Waals surface area contributed by atoms with Crippen LogP contribution in [0.1, 0.15) is 16.9 Å². The fourth-order valence-corrected chi connectivity index (χ4v) is 2.52. The monoisotopic (exact) mass is 342 g/mol. The summed E-state index contributed by atoms with van der Waals surface area (Å²) < 4.78 is 3.09. The highest BCUT2D eigenvalue weighted by atomic mass is 35.5. The van der Waals surface area contributed by atoms with Crippen LogP contribution in [0.5, 0.6) is 5.88 Å². The van der Waals surface area contributed by atoms with E-state index in [9.17, 15) is 9.90 Å². The molecule has 0 bridgehead atoms. The van der Waals surface area contributed by atoms with E-state index < -0.39 is 5.91 Å². The number of fused-ring (bicyclic) bond motifs is 1. The van der Waals surface area contributed by atoms with Crippen molar-refractivity contribution in [2.24, 2.45) is 0 Å². The lowest BCUT2D eigenvalue weighted by molar-refractivity contribution is -0.675. The van der Waals surface area contributed by atoms with Crippen molar-refractivity contribution < 1.29 is 14.5 Å². The number of imidazole rings is 1. The number of aromatic nitrogens is 3. The summed E-state index contributed by atoms with van der Waals surface area (Å²) >= 11 is 5.77. The molecule has 120 valence electrons. The minimum atomic E-state index is -0.515. The van der Waals surface area contributed by atoms with Crippen LogP contribution >= 0.6 is 11.6 Å². The summed E-state index contributed by atoms with van der Waals surface area (Å²) in [6.07, 6.45) is 3.30. The summed E-state index contributed by atoms with van der Waals surface area (Å²) in [4.78, 5) is 16.6. The molecule has 0 unspecified atom stereocenters. The molecule has 7 nitrogen and oxygen atoms in total. The molecule has 24 heavy (non-hydrogen) atoms. The van der Waals surface area contributed by atoms with E-state index in [1.807, 2.05) is 6.07 Å². The van der Waals surface area contributed by atoms with Gasteiger partial charge in [-0.1, -0.05) is 17.7 Å². The zero-order valence-electron chi connectivity index (χ0n) is 12.5. The molecule has 8 heteroatoms. The molecular formula is C16H13ClN5O2+. The average Bonchev–Trinajstić information content (AvgIpc) is 2.86. The Hall–Kier alpha value is -3.11. The van der Waals surface area contributed by atoms with Gasteiger partial charge in [0.1, 0.15) is 12.4 Å². The highest BCUT2D eigenvalue weighted by molar-refractivity contribution is 6.30. The van der Waals surface area contributed by atoms with Gasteiger partial charge in [-0.15, -0.1) is 0 Å². The normalized spacial score (nSPS) is 10.5. The third-order valence-corrected chi connectivity index (χ3v) is 3.68. The summed E-state index contributed by atoms with van der Waals surface area (Å²) in [5.41, 5.74) is 0.680. The summed E-state index contributed by atoms with van der Waals surface area (Å²) in [6, 6.07) is 10.5.